The fourth-order valence-electron chi connectivity index (χ4n) is 2.54. The maximum absolute atomic E-state index is 3.76. The third-order valence-corrected chi connectivity index (χ3v) is 3.99. The van der Waals surface area contributed by atoms with Crippen molar-refractivity contribution < 1.29 is 0 Å². The molecule has 2 fully saturated rings. The summed E-state index contributed by atoms with van der Waals surface area (Å²) in [6.07, 6.45) is 5.47. The molecule has 2 rings (SSSR count). The Hall–Kier alpha value is -0.120. The van der Waals surface area contributed by atoms with Gasteiger partial charge in [-0.15, -0.1) is 0 Å². The summed E-state index contributed by atoms with van der Waals surface area (Å²) in [4.78, 5) is 2.43. The molecule has 0 aromatic carbocycles. The first-order chi connectivity index (χ1) is 7.24. The van der Waals surface area contributed by atoms with E-state index < -0.39 is 0 Å². The standard InChI is InChI=1S/C12H25N3/c1-13-9-12(5-6-12)10-14-11-3-7-15(2)8-4-11/h11,13-14H,3-10H2,1-2H3. The van der Waals surface area contributed by atoms with E-state index in [2.05, 4.69) is 29.6 Å². The van der Waals surface area contributed by atoms with Crippen molar-refractivity contribution in [2.75, 3.05) is 40.3 Å². The first kappa shape index (κ1) is 11.4. The second kappa shape index (κ2) is 4.81. The molecule has 0 amide bonds. The summed E-state index contributed by atoms with van der Waals surface area (Å²) in [5.41, 5.74) is 0.609. The summed E-state index contributed by atoms with van der Waals surface area (Å²) >= 11 is 0. The van der Waals surface area contributed by atoms with Crippen LogP contribution in [0.3, 0.4) is 0 Å². The van der Waals surface area contributed by atoms with Gasteiger partial charge in [0.25, 0.3) is 0 Å². The maximum atomic E-state index is 3.76. The highest BCUT2D eigenvalue weighted by atomic mass is 15.1. The normalized spacial score (nSPS) is 26.8. The highest BCUT2D eigenvalue weighted by Gasteiger charge is 2.41. The summed E-state index contributed by atoms with van der Waals surface area (Å²) in [5, 5.41) is 7.08. The van der Waals surface area contributed by atoms with Crippen molar-refractivity contribution in [3.05, 3.63) is 0 Å². The van der Waals surface area contributed by atoms with Crippen LogP contribution in [-0.4, -0.2) is 51.2 Å². The van der Waals surface area contributed by atoms with Gasteiger partial charge in [0, 0.05) is 19.1 Å². The van der Waals surface area contributed by atoms with Gasteiger partial charge in [-0.3, -0.25) is 0 Å². The van der Waals surface area contributed by atoms with Crippen LogP contribution in [0.2, 0.25) is 0 Å². The van der Waals surface area contributed by atoms with E-state index in [0.717, 1.165) is 6.04 Å². The quantitative estimate of drug-likeness (QED) is 0.700. The van der Waals surface area contributed by atoms with Gasteiger partial charge in [0.2, 0.25) is 0 Å². The van der Waals surface area contributed by atoms with Gasteiger partial charge in [-0.25, -0.2) is 0 Å². The van der Waals surface area contributed by atoms with Gasteiger partial charge in [0.1, 0.15) is 0 Å². The topological polar surface area (TPSA) is 27.3 Å². The second-order valence-corrected chi connectivity index (χ2v) is 5.49. The zero-order chi connectivity index (χ0) is 10.7. The highest BCUT2D eigenvalue weighted by molar-refractivity contribution is 4.97. The van der Waals surface area contributed by atoms with Crippen LogP contribution < -0.4 is 10.6 Å². The molecule has 1 saturated heterocycles. The molecule has 15 heavy (non-hydrogen) atoms. The Morgan fingerprint density at radius 3 is 2.40 bits per heavy atom. The van der Waals surface area contributed by atoms with Gasteiger partial charge in [0.05, 0.1) is 0 Å². The molecule has 0 spiro atoms. The number of likely N-dealkylation sites (tertiary alicyclic amines) is 1. The molecule has 2 aliphatic rings. The molecule has 1 aliphatic heterocycles. The maximum Gasteiger partial charge on any atom is 0.00916 e. The molecule has 1 heterocycles. The van der Waals surface area contributed by atoms with Gasteiger partial charge in [0.15, 0.2) is 0 Å². The van der Waals surface area contributed by atoms with Crippen LogP contribution in [0.15, 0.2) is 0 Å². The van der Waals surface area contributed by atoms with Gasteiger partial charge in [-0.1, -0.05) is 0 Å². The minimum atomic E-state index is 0.609. The number of rotatable bonds is 5. The zero-order valence-corrected chi connectivity index (χ0v) is 10.2. The van der Waals surface area contributed by atoms with Crippen LogP contribution in [-0.2, 0) is 0 Å². The first-order valence-electron chi connectivity index (χ1n) is 6.31. The molecule has 0 bridgehead atoms. The monoisotopic (exact) mass is 211 g/mol. The number of hydrogen-bond acceptors (Lipinski definition) is 3. The summed E-state index contributed by atoms with van der Waals surface area (Å²) in [6.45, 7) is 4.93. The lowest BCUT2D eigenvalue weighted by Crippen LogP contribution is -2.44. The third kappa shape index (κ3) is 3.16. The summed E-state index contributed by atoms with van der Waals surface area (Å²) < 4.78 is 0. The summed E-state index contributed by atoms with van der Waals surface area (Å²) in [7, 11) is 4.29. The van der Waals surface area contributed by atoms with Crippen molar-refractivity contribution in [1.82, 2.24) is 15.5 Å². The molecule has 1 aliphatic carbocycles. The number of hydrogen-bond donors (Lipinski definition) is 2. The Balaban J connectivity index is 1.65. The van der Waals surface area contributed by atoms with Crippen molar-refractivity contribution in [2.45, 2.75) is 31.7 Å². The van der Waals surface area contributed by atoms with Crippen LogP contribution in [0.1, 0.15) is 25.7 Å². The van der Waals surface area contributed by atoms with E-state index in [-0.39, 0.29) is 0 Å². The van der Waals surface area contributed by atoms with Crippen molar-refractivity contribution in [3.8, 4) is 0 Å². The molecule has 0 aromatic heterocycles. The zero-order valence-electron chi connectivity index (χ0n) is 10.2. The van der Waals surface area contributed by atoms with E-state index in [1.807, 2.05) is 0 Å². The number of piperidine rings is 1. The van der Waals surface area contributed by atoms with E-state index in [4.69, 9.17) is 0 Å². The van der Waals surface area contributed by atoms with Crippen molar-refractivity contribution in [3.63, 3.8) is 0 Å². The summed E-state index contributed by atoms with van der Waals surface area (Å²) in [5.74, 6) is 0. The van der Waals surface area contributed by atoms with E-state index >= 15 is 0 Å². The van der Waals surface area contributed by atoms with Crippen molar-refractivity contribution >= 4 is 0 Å². The average Bonchev–Trinajstić information content (AvgIpc) is 2.99. The Bertz CT molecular complexity index is 193. The molecule has 3 nitrogen and oxygen atoms in total. The molecule has 0 unspecified atom stereocenters. The van der Waals surface area contributed by atoms with E-state index in [0.29, 0.717) is 5.41 Å². The number of nitrogens with one attached hydrogen (secondary N) is 2. The van der Waals surface area contributed by atoms with Crippen LogP contribution in [0.5, 0.6) is 0 Å². The molecule has 2 N–H and O–H groups in total. The number of nitrogens with zero attached hydrogens (tertiary/aromatic N) is 1. The molecule has 0 radical (unpaired) electrons. The van der Waals surface area contributed by atoms with Crippen molar-refractivity contribution in [2.24, 2.45) is 5.41 Å². The molecule has 0 atom stereocenters. The smallest absolute Gasteiger partial charge is 0.00916 e. The first-order valence-corrected chi connectivity index (χ1v) is 6.31. The largest absolute Gasteiger partial charge is 0.319 e. The predicted molar refractivity (Wildman–Crippen MR) is 64.1 cm³/mol. The Morgan fingerprint density at radius 1 is 1.20 bits per heavy atom. The minimum Gasteiger partial charge on any atom is -0.319 e. The average molecular weight is 211 g/mol. The minimum absolute atomic E-state index is 0.609. The molecule has 3 heteroatoms. The van der Waals surface area contributed by atoms with Gasteiger partial charge < -0.3 is 15.5 Å². The van der Waals surface area contributed by atoms with E-state index in [1.54, 1.807) is 0 Å². The molecular formula is C12H25N3. The van der Waals surface area contributed by atoms with Crippen molar-refractivity contribution in [1.29, 1.82) is 0 Å². The lowest BCUT2D eigenvalue weighted by molar-refractivity contribution is 0.227. The molecule has 1 saturated carbocycles. The predicted octanol–water partition coefficient (Wildman–Crippen LogP) is 0.670. The van der Waals surface area contributed by atoms with Crippen LogP contribution in [0, 0.1) is 5.41 Å². The summed E-state index contributed by atoms with van der Waals surface area (Å²) in [6, 6.07) is 0.774. The van der Waals surface area contributed by atoms with Gasteiger partial charge in [-0.2, -0.15) is 0 Å². The second-order valence-electron chi connectivity index (χ2n) is 5.49. The highest BCUT2D eigenvalue weighted by Crippen LogP contribution is 2.44. The Labute approximate surface area is 93.6 Å². The Kier molecular flexibility index (Phi) is 3.65. The van der Waals surface area contributed by atoms with Crippen LogP contribution in [0.4, 0.5) is 0 Å². The lowest BCUT2D eigenvalue weighted by Gasteiger charge is -2.31. The van der Waals surface area contributed by atoms with Crippen LogP contribution in [0.25, 0.3) is 0 Å². The Morgan fingerprint density at radius 2 is 1.87 bits per heavy atom. The molecule has 88 valence electrons. The molecule has 0 aromatic rings. The van der Waals surface area contributed by atoms with E-state index in [9.17, 15) is 0 Å². The lowest BCUT2D eigenvalue weighted by atomic mass is 10.0. The fourth-order valence-corrected chi connectivity index (χ4v) is 2.54. The van der Waals surface area contributed by atoms with E-state index in [1.165, 1.54) is 51.9 Å². The van der Waals surface area contributed by atoms with Gasteiger partial charge in [-0.05, 0) is 58.3 Å². The SMILES string of the molecule is CNCC1(CNC2CCN(C)CC2)CC1. The van der Waals surface area contributed by atoms with Gasteiger partial charge >= 0.3 is 0 Å². The van der Waals surface area contributed by atoms with Crippen LogP contribution >= 0.6 is 0 Å². The fraction of sp³-hybridized carbons (Fsp3) is 1.00. The third-order valence-electron chi connectivity index (χ3n) is 3.99. The molecular weight excluding hydrogens is 186 g/mol.